The quantitative estimate of drug-likeness (QED) is 0.941. The molecule has 2 amide bonds. The highest BCUT2D eigenvalue weighted by Gasteiger charge is 2.46. The topological polar surface area (TPSA) is 54.5 Å². The van der Waals surface area contributed by atoms with Crippen molar-refractivity contribution in [2.45, 2.75) is 12.1 Å². The molecule has 2 aromatic rings. The predicted molar refractivity (Wildman–Crippen MR) is 83.2 cm³/mol. The van der Waals surface area contributed by atoms with Crippen molar-refractivity contribution >= 4 is 6.03 Å². The number of rotatable bonds is 4. The number of aromatic nitrogens is 1. The van der Waals surface area contributed by atoms with Crippen LogP contribution < -0.4 is 5.32 Å². The van der Waals surface area contributed by atoms with E-state index in [0.717, 1.165) is 11.1 Å². The average Bonchev–Trinajstić information content (AvgIpc) is 2.54. The summed E-state index contributed by atoms with van der Waals surface area (Å²) in [5.41, 5.74) is 1.71. The number of nitrogens with zero attached hydrogens (tertiary/aromatic N) is 2. The molecule has 1 aromatic heterocycles. The van der Waals surface area contributed by atoms with Crippen molar-refractivity contribution < 1.29 is 9.53 Å². The molecule has 2 heterocycles. The summed E-state index contributed by atoms with van der Waals surface area (Å²) in [5, 5.41) is 2.91. The Morgan fingerprint density at radius 1 is 1.27 bits per heavy atom. The van der Waals surface area contributed by atoms with Crippen molar-refractivity contribution in [3.8, 4) is 0 Å². The van der Waals surface area contributed by atoms with Crippen molar-refractivity contribution in [2.75, 3.05) is 20.2 Å². The number of hydrogen-bond donors (Lipinski definition) is 1. The highest BCUT2D eigenvalue weighted by atomic mass is 16.5. The zero-order chi connectivity index (χ0) is 15.4. The number of amides is 2. The standard InChI is InChI=1S/C17H19N3O2/c1-22-17(15-7-3-2-4-8-15)12-20(13-17)16(21)19-11-14-6-5-9-18-10-14/h2-10H,11-13H2,1H3,(H,19,21). The van der Waals surface area contributed by atoms with Gasteiger partial charge in [-0.1, -0.05) is 36.4 Å². The Bertz CT molecular complexity index is 625. The summed E-state index contributed by atoms with van der Waals surface area (Å²) in [5.74, 6) is 0. The van der Waals surface area contributed by atoms with Gasteiger partial charge in [-0.3, -0.25) is 4.98 Å². The number of nitrogens with one attached hydrogen (secondary N) is 1. The minimum Gasteiger partial charge on any atom is -0.370 e. The molecule has 1 fully saturated rings. The number of pyridine rings is 1. The largest absolute Gasteiger partial charge is 0.370 e. The van der Waals surface area contributed by atoms with E-state index in [4.69, 9.17) is 4.74 Å². The Balaban J connectivity index is 1.57. The van der Waals surface area contributed by atoms with Crippen molar-refractivity contribution in [1.82, 2.24) is 15.2 Å². The van der Waals surface area contributed by atoms with Gasteiger partial charge in [0.25, 0.3) is 0 Å². The molecular formula is C17H19N3O2. The first-order chi connectivity index (χ1) is 10.7. The molecular weight excluding hydrogens is 278 g/mol. The van der Waals surface area contributed by atoms with Crippen LogP contribution in [-0.4, -0.2) is 36.1 Å². The van der Waals surface area contributed by atoms with Crippen LogP contribution in [0, 0.1) is 0 Å². The lowest BCUT2D eigenvalue weighted by Gasteiger charge is -2.49. The Morgan fingerprint density at radius 2 is 2.05 bits per heavy atom. The smallest absolute Gasteiger partial charge is 0.317 e. The Hall–Kier alpha value is -2.40. The van der Waals surface area contributed by atoms with Gasteiger partial charge in [0, 0.05) is 26.0 Å². The van der Waals surface area contributed by atoms with Crippen LogP contribution in [0.1, 0.15) is 11.1 Å². The number of benzene rings is 1. The normalized spacial score (nSPS) is 16.0. The van der Waals surface area contributed by atoms with Crippen LogP contribution in [0.2, 0.25) is 0 Å². The van der Waals surface area contributed by atoms with Gasteiger partial charge in [-0.25, -0.2) is 4.79 Å². The molecule has 0 aliphatic carbocycles. The van der Waals surface area contributed by atoms with Gasteiger partial charge >= 0.3 is 6.03 Å². The maximum Gasteiger partial charge on any atom is 0.317 e. The van der Waals surface area contributed by atoms with Gasteiger partial charge in [0.2, 0.25) is 0 Å². The fourth-order valence-electron chi connectivity index (χ4n) is 2.68. The van der Waals surface area contributed by atoms with Crippen LogP contribution in [0.4, 0.5) is 4.79 Å². The van der Waals surface area contributed by atoms with Crippen molar-refractivity contribution in [3.05, 3.63) is 66.0 Å². The van der Waals surface area contributed by atoms with Gasteiger partial charge < -0.3 is 15.0 Å². The molecule has 0 spiro atoms. The summed E-state index contributed by atoms with van der Waals surface area (Å²) in [6.07, 6.45) is 3.47. The lowest BCUT2D eigenvalue weighted by atomic mass is 9.86. The molecule has 1 aromatic carbocycles. The van der Waals surface area contributed by atoms with Crippen LogP contribution in [-0.2, 0) is 16.9 Å². The third-order valence-corrected chi connectivity index (χ3v) is 4.04. The molecule has 0 saturated carbocycles. The fraction of sp³-hybridized carbons (Fsp3) is 0.294. The minimum absolute atomic E-state index is 0.0764. The predicted octanol–water partition coefficient (Wildman–Crippen LogP) is 2.15. The maximum atomic E-state index is 12.2. The van der Waals surface area contributed by atoms with Gasteiger partial charge in [-0.2, -0.15) is 0 Å². The lowest BCUT2D eigenvalue weighted by Crippen LogP contribution is -2.64. The van der Waals surface area contributed by atoms with E-state index in [1.807, 2.05) is 42.5 Å². The first kappa shape index (κ1) is 14.5. The molecule has 5 heteroatoms. The molecule has 5 nitrogen and oxygen atoms in total. The van der Waals surface area contributed by atoms with Crippen molar-refractivity contribution in [1.29, 1.82) is 0 Å². The summed E-state index contributed by atoms with van der Waals surface area (Å²) in [7, 11) is 1.69. The third kappa shape index (κ3) is 2.80. The van der Waals surface area contributed by atoms with E-state index in [9.17, 15) is 4.79 Å². The minimum atomic E-state index is -0.382. The number of methoxy groups -OCH3 is 1. The van der Waals surface area contributed by atoms with E-state index in [2.05, 4.69) is 10.3 Å². The summed E-state index contributed by atoms with van der Waals surface area (Å²) in [6, 6.07) is 13.7. The highest BCUT2D eigenvalue weighted by Crippen LogP contribution is 2.35. The average molecular weight is 297 g/mol. The molecule has 0 radical (unpaired) electrons. The van der Waals surface area contributed by atoms with Crippen LogP contribution in [0.5, 0.6) is 0 Å². The van der Waals surface area contributed by atoms with Crippen LogP contribution in [0.15, 0.2) is 54.9 Å². The number of likely N-dealkylation sites (tertiary alicyclic amines) is 1. The SMILES string of the molecule is COC1(c2ccccc2)CN(C(=O)NCc2cccnc2)C1. The fourth-order valence-corrected chi connectivity index (χ4v) is 2.68. The lowest BCUT2D eigenvalue weighted by molar-refractivity contribution is -0.111. The van der Waals surface area contributed by atoms with E-state index in [1.165, 1.54) is 0 Å². The molecule has 0 atom stereocenters. The summed E-state index contributed by atoms with van der Waals surface area (Å²) in [4.78, 5) is 18.0. The van der Waals surface area contributed by atoms with Crippen molar-refractivity contribution in [3.63, 3.8) is 0 Å². The molecule has 1 aliphatic rings. The third-order valence-electron chi connectivity index (χ3n) is 4.04. The number of carbonyl (C=O) groups is 1. The zero-order valence-corrected chi connectivity index (χ0v) is 12.5. The molecule has 1 N–H and O–H groups in total. The highest BCUT2D eigenvalue weighted by molar-refractivity contribution is 5.75. The number of urea groups is 1. The first-order valence-corrected chi connectivity index (χ1v) is 7.26. The Kier molecular flexibility index (Phi) is 4.06. The number of carbonyl (C=O) groups excluding carboxylic acids is 1. The van der Waals surface area contributed by atoms with Gasteiger partial charge in [-0.05, 0) is 17.2 Å². The second-order valence-corrected chi connectivity index (χ2v) is 5.44. The summed E-state index contributed by atoms with van der Waals surface area (Å²) >= 11 is 0. The van der Waals surface area contributed by atoms with E-state index < -0.39 is 0 Å². The Labute approximate surface area is 129 Å². The van der Waals surface area contributed by atoms with Gasteiger partial charge in [0.15, 0.2) is 0 Å². The number of ether oxygens (including phenoxy) is 1. The molecule has 0 unspecified atom stereocenters. The van der Waals surface area contributed by atoms with Crippen LogP contribution >= 0.6 is 0 Å². The molecule has 3 rings (SSSR count). The molecule has 1 saturated heterocycles. The van der Waals surface area contributed by atoms with E-state index >= 15 is 0 Å². The molecule has 114 valence electrons. The maximum absolute atomic E-state index is 12.2. The van der Waals surface area contributed by atoms with E-state index in [0.29, 0.717) is 19.6 Å². The van der Waals surface area contributed by atoms with E-state index in [-0.39, 0.29) is 11.6 Å². The zero-order valence-electron chi connectivity index (χ0n) is 12.5. The van der Waals surface area contributed by atoms with Gasteiger partial charge in [-0.15, -0.1) is 0 Å². The second kappa shape index (κ2) is 6.15. The van der Waals surface area contributed by atoms with Gasteiger partial charge in [0.05, 0.1) is 13.1 Å². The summed E-state index contributed by atoms with van der Waals surface area (Å²) in [6.45, 7) is 1.60. The first-order valence-electron chi connectivity index (χ1n) is 7.26. The van der Waals surface area contributed by atoms with E-state index in [1.54, 1.807) is 24.4 Å². The number of hydrogen-bond acceptors (Lipinski definition) is 3. The van der Waals surface area contributed by atoms with Crippen LogP contribution in [0.3, 0.4) is 0 Å². The van der Waals surface area contributed by atoms with Crippen molar-refractivity contribution in [2.24, 2.45) is 0 Å². The molecule has 0 bridgehead atoms. The molecule has 1 aliphatic heterocycles. The monoisotopic (exact) mass is 297 g/mol. The second-order valence-electron chi connectivity index (χ2n) is 5.44. The van der Waals surface area contributed by atoms with Crippen LogP contribution in [0.25, 0.3) is 0 Å². The Morgan fingerprint density at radius 3 is 2.68 bits per heavy atom. The molecule has 22 heavy (non-hydrogen) atoms. The summed E-state index contributed by atoms with van der Waals surface area (Å²) < 4.78 is 5.67. The van der Waals surface area contributed by atoms with Gasteiger partial charge in [0.1, 0.15) is 5.60 Å².